The fraction of sp³-hybridized carbons (Fsp3) is 1.00. The number of aliphatic hydroxyl groups is 1. The first-order chi connectivity index (χ1) is 8.29. The summed E-state index contributed by atoms with van der Waals surface area (Å²) >= 11 is 0. The van der Waals surface area contributed by atoms with Crippen molar-refractivity contribution in [1.29, 1.82) is 0 Å². The van der Waals surface area contributed by atoms with E-state index in [2.05, 4.69) is 5.32 Å². The number of alkyl halides is 3. The van der Waals surface area contributed by atoms with E-state index in [-0.39, 0.29) is 19.4 Å². The molecule has 1 aliphatic carbocycles. The third-order valence-corrected chi connectivity index (χ3v) is 3.77. The summed E-state index contributed by atoms with van der Waals surface area (Å²) < 4.78 is 37.7. The van der Waals surface area contributed by atoms with Crippen LogP contribution in [0, 0.1) is 5.92 Å². The third kappa shape index (κ3) is 4.40. The second kappa shape index (κ2) is 6.21. The highest BCUT2D eigenvalue weighted by Gasteiger charge is 2.45. The second-order valence-corrected chi connectivity index (χ2v) is 5.48. The van der Waals surface area contributed by atoms with Gasteiger partial charge in [-0.25, -0.2) is 0 Å². The molecular weight excluding hydrogens is 245 g/mol. The highest BCUT2D eigenvalue weighted by atomic mass is 19.4. The van der Waals surface area contributed by atoms with Crippen LogP contribution in [-0.4, -0.2) is 55.5 Å². The lowest BCUT2D eigenvalue weighted by Crippen LogP contribution is -2.53. The quantitative estimate of drug-likeness (QED) is 0.795. The van der Waals surface area contributed by atoms with Gasteiger partial charge < -0.3 is 15.3 Å². The molecule has 0 aliphatic heterocycles. The van der Waals surface area contributed by atoms with Crippen LogP contribution < -0.4 is 5.32 Å². The zero-order valence-corrected chi connectivity index (χ0v) is 11.1. The summed E-state index contributed by atoms with van der Waals surface area (Å²) in [6, 6.07) is 0. The Kier molecular flexibility index (Phi) is 5.43. The van der Waals surface area contributed by atoms with Gasteiger partial charge in [0.25, 0.3) is 0 Å². The molecule has 1 rings (SSSR count). The van der Waals surface area contributed by atoms with Gasteiger partial charge in [0.15, 0.2) is 0 Å². The van der Waals surface area contributed by atoms with Gasteiger partial charge in [0.05, 0.1) is 12.5 Å². The largest absolute Gasteiger partial charge is 0.394 e. The van der Waals surface area contributed by atoms with E-state index >= 15 is 0 Å². The molecule has 0 aromatic carbocycles. The molecule has 0 unspecified atom stereocenters. The first-order valence-electron chi connectivity index (χ1n) is 6.36. The zero-order chi connectivity index (χ0) is 13.8. The van der Waals surface area contributed by atoms with Crippen LogP contribution >= 0.6 is 0 Å². The Morgan fingerprint density at radius 2 is 1.83 bits per heavy atom. The molecule has 0 bridgehead atoms. The van der Waals surface area contributed by atoms with Gasteiger partial charge in [-0.3, -0.25) is 0 Å². The van der Waals surface area contributed by atoms with Gasteiger partial charge in [-0.1, -0.05) is 0 Å². The monoisotopic (exact) mass is 268 g/mol. The smallest absolute Gasteiger partial charge is 0.391 e. The maximum atomic E-state index is 12.6. The molecule has 0 saturated heterocycles. The third-order valence-electron chi connectivity index (χ3n) is 3.77. The Balaban J connectivity index is 2.44. The molecule has 6 heteroatoms. The molecule has 2 N–H and O–H groups in total. The van der Waals surface area contributed by atoms with Crippen molar-refractivity contribution in [2.45, 2.75) is 37.4 Å². The van der Waals surface area contributed by atoms with Crippen LogP contribution in [0.5, 0.6) is 0 Å². The maximum absolute atomic E-state index is 12.6. The molecule has 0 amide bonds. The maximum Gasteiger partial charge on any atom is 0.391 e. The molecule has 1 fully saturated rings. The van der Waals surface area contributed by atoms with Gasteiger partial charge in [-0.05, 0) is 39.8 Å². The minimum atomic E-state index is -4.09. The molecule has 0 radical (unpaired) electrons. The SMILES string of the molecule is CN(C)CCNC1(CO)CCC(C(F)(F)F)CC1. The van der Waals surface area contributed by atoms with Crippen molar-refractivity contribution in [3.63, 3.8) is 0 Å². The van der Waals surface area contributed by atoms with E-state index in [0.29, 0.717) is 19.4 Å². The van der Waals surface area contributed by atoms with Gasteiger partial charge in [0, 0.05) is 18.6 Å². The Labute approximate surface area is 106 Å². The highest BCUT2D eigenvalue weighted by Crippen LogP contribution is 2.40. The van der Waals surface area contributed by atoms with Crippen LogP contribution in [0.15, 0.2) is 0 Å². The van der Waals surface area contributed by atoms with E-state index in [4.69, 9.17) is 0 Å². The Hall–Kier alpha value is -0.330. The predicted octanol–water partition coefficient (Wildman–Crippen LogP) is 1.62. The molecule has 0 spiro atoms. The first-order valence-corrected chi connectivity index (χ1v) is 6.36. The van der Waals surface area contributed by atoms with E-state index in [1.807, 2.05) is 19.0 Å². The molecular formula is C12H23F3N2O. The molecule has 0 aromatic heterocycles. The minimum absolute atomic E-state index is 0.0923. The molecule has 0 atom stereocenters. The van der Waals surface area contributed by atoms with Crippen LogP contribution in [0.3, 0.4) is 0 Å². The van der Waals surface area contributed by atoms with Crippen molar-refractivity contribution in [2.75, 3.05) is 33.8 Å². The lowest BCUT2D eigenvalue weighted by atomic mass is 9.76. The van der Waals surface area contributed by atoms with E-state index < -0.39 is 17.6 Å². The van der Waals surface area contributed by atoms with Crippen molar-refractivity contribution < 1.29 is 18.3 Å². The van der Waals surface area contributed by atoms with E-state index in [9.17, 15) is 18.3 Å². The molecule has 0 aromatic rings. The van der Waals surface area contributed by atoms with Crippen LogP contribution in [0.4, 0.5) is 13.2 Å². The summed E-state index contributed by atoms with van der Waals surface area (Å²) in [6.07, 6.45) is -3.09. The Morgan fingerprint density at radius 1 is 1.28 bits per heavy atom. The van der Waals surface area contributed by atoms with Gasteiger partial charge in [-0.2, -0.15) is 13.2 Å². The number of aliphatic hydroxyl groups excluding tert-OH is 1. The lowest BCUT2D eigenvalue weighted by molar-refractivity contribution is -0.186. The lowest BCUT2D eigenvalue weighted by Gasteiger charge is -2.40. The minimum Gasteiger partial charge on any atom is -0.394 e. The highest BCUT2D eigenvalue weighted by molar-refractivity contribution is 4.93. The van der Waals surface area contributed by atoms with Gasteiger partial charge in [-0.15, -0.1) is 0 Å². The van der Waals surface area contributed by atoms with E-state index in [1.165, 1.54) is 0 Å². The standard InChI is InChI=1S/C12H23F3N2O/c1-17(2)8-7-16-11(9-18)5-3-10(4-6-11)12(13,14)15/h10,16,18H,3-9H2,1-2H3. The van der Waals surface area contributed by atoms with Gasteiger partial charge >= 0.3 is 6.18 Å². The van der Waals surface area contributed by atoms with Crippen molar-refractivity contribution in [3.8, 4) is 0 Å². The summed E-state index contributed by atoms with van der Waals surface area (Å²) in [5.74, 6) is -1.20. The molecule has 0 heterocycles. The van der Waals surface area contributed by atoms with E-state index in [0.717, 1.165) is 6.54 Å². The van der Waals surface area contributed by atoms with Crippen LogP contribution in [-0.2, 0) is 0 Å². The number of hydrogen-bond donors (Lipinski definition) is 2. The number of likely N-dealkylation sites (N-methyl/N-ethyl adjacent to an activating group) is 1. The zero-order valence-electron chi connectivity index (χ0n) is 11.1. The van der Waals surface area contributed by atoms with Crippen molar-refractivity contribution in [2.24, 2.45) is 5.92 Å². The normalized spacial score (nSPS) is 29.8. The van der Waals surface area contributed by atoms with E-state index in [1.54, 1.807) is 0 Å². The molecule has 108 valence electrons. The van der Waals surface area contributed by atoms with Gasteiger partial charge in [0.2, 0.25) is 0 Å². The second-order valence-electron chi connectivity index (χ2n) is 5.48. The summed E-state index contributed by atoms with van der Waals surface area (Å²) in [6.45, 7) is 1.40. The number of nitrogens with zero attached hydrogens (tertiary/aromatic N) is 1. The number of hydrogen-bond acceptors (Lipinski definition) is 3. The number of nitrogens with one attached hydrogen (secondary N) is 1. The molecule has 3 nitrogen and oxygen atoms in total. The van der Waals surface area contributed by atoms with Crippen molar-refractivity contribution in [1.82, 2.24) is 10.2 Å². The summed E-state index contributed by atoms with van der Waals surface area (Å²) in [4.78, 5) is 2.00. The van der Waals surface area contributed by atoms with Crippen LogP contribution in [0.25, 0.3) is 0 Å². The van der Waals surface area contributed by atoms with Crippen LogP contribution in [0.1, 0.15) is 25.7 Å². The average Bonchev–Trinajstić information content (AvgIpc) is 2.28. The first kappa shape index (κ1) is 15.7. The average molecular weight is 268 g/mol. The predicted molar refractivity (Wildman–Crippen MR) is 64.4 cm³/mol. The summed E-state index contributed by atoms with van der Waals surface area (Å²) in [7, 11) is 3.88. The fourth-order valence-electron chi connectivity index (χ4n) is 2.43. The summed E-state index contributed by atoms with van der Waals surface area (Å²) in [5, 5.41) is 12.7. The van der Waals surface area contributed by atoms with Crippen LogP contribution in [0.2, 0.25) is 0 Å². The molecule has 1 aliphatic rings. The number of halogens is 3. The van der Waals surface area contributed by atoms with Crippen molar-refractivity contribution in [3.05, 3.63) is 0 Å². The topological polar surface area (TPSA) is 35.5 Å². The number of rotatable bonds is 5. The summed E-state index contributed by atoms with van der Waals surface area (Å²) in [5.41, 5.74) is -0.516. The Bertz CT molecular complexity index is 248. The Morgan fingerprint density at radius 3 is 2.22 bits per heavy atom. The van der Waals surface area contributed by atoms with Gasteiger partial charge in [0.1, 0.15) is 0 Å². The molecule has 18 heavy (non-hydrogen) atoms. The molecule has 1 saturated carbocycles. The van der Waals surface area contributed by atoms with Crippen molar-refractivity contribution >= 4 is 0 Å². The fourth-order valence-corrected chi connectivity index (χ4v) is 2.43.